The number of hydrogen-bond acceptors (Lipinski definition) is 7. The molecule has 1 atom stereocenters. The van der Waals surface area contributed by atoms with Crippen molar-refractivity contribution in [3.63, 3.8) is 0 Å². The van der Waals surface area contributed by atoms with Crippen LogP contribution in [0.1, 0.15) is 61.5 Å². The van der Waals surface area contributed by atoms with Crippen LogP contribution in [0.5, 0.6) is 5.75 Å². The van der Waals surface area contributed by atoms with Gasteiger partial charge in [0.15, 0.2) is 5.78 Å². The van der Waals surface area contributed by atoms with E-state index in [1.807, 2.05) is 26.0 Å². The average Bonchev–Trinajstić information content (AvgIpc) is 2.99. The Bertz CT molecular complexity index is 1210. The highest BCUT2D eigenvalue weighted by Gasteiger charge is 2.42. The van der Waals surface area contributed by atoms with E-state index in [0.717, 1.165) is 11.1 Å². The van der Waals surface area contributed by atoms with Crippen LogP contribution in [0.25, 0.3) is 0 Å². The first-order chi connectivity index (χ1) is 15.5. The molecule has 174 valence electrons. The molecule has 9 heteroatoms. The lowest BCUT2D eigenvalue weighted by Gasteiger charge is -2.36. The van der Waals surface area contributed by atoms with Crippen LogP contribution in [-0.2, 0) is 20.9 Å². The number of methoxy groups -OCH3 is 1. The average molecular weight is 453 g/mol. The van der Waals surface area contributed by atoms with E-state index in [4.69, 9.17) is 9.47 Å². The summed E-state index contributed by atoms with van der Waals surface area (Å²) >= 11 is 0. The Kier molecular flexibility index (Phi) is 5.59. The molecule has 0 radical (unpaired) electrons. The van der Waals surface area contributed by atoms with Gasteiger partial charge in [-0.1, -0.05) is 19.9 Å². The summed E-state index contributed by atoms with van der Waals surface area (Å²) < 4.78 is 12.6. The first-order valence-corrected chi connectivity index (χ1v) is 10.8. The molecule has 9 nitrogen and oxygen atoms in total. The predicted molar refractivity (Wildman–Crippen MR) is 119 cm³/mol. The van der Waals surface area contributed by atoms with E-state index in [1.165, 1.54) is 0 Å². The van der Waals surface area contributed by atoms with Gasteiger partial charge < -0.3 is 9.47 Å². The number of ether oxygens (including phenoxy) is 2. The Hall–Kier alpha value is -3.49. The number of carbonyl (C=O) groups excluding carboxylic acids is 2. The van der Waals surface area contributed by atoms with Gasteiger partial charge >= 0.3 is 11.7 Å². The van der Waals surface area contributed by atoms with Gasteiger partial charge in [0.2, 0.25) is 0 Å². The second-order valence-corrected chi connectivity index (χ2v) is 9.51. The SMILES string of the molecule is COc1ccc(C2CC(=O)OC3=C2C(=O)CC(C)(C)C3)cc1Cn1nc(C)c([N+](=O)[O-])c1C. The standard InChI is InChI=1S/C24H27N3O6/c1-13-23(27(30)31)14(2)26(25-13)12-16-8-15(6-7-19(16)32-5)17-9-21(29)33-20-11-24(3,4)10-18(28)22(17)20/h6-8,17H,9-12H2,1-5H3. The van der Waals surface area contributed by atoms with Crippen LogP contribution in [0.3, 0.4) is 0 Å². The van der Waals surface area contributed by atoms with E-state index in [-0.39, 0.29) is 35.8 Å². The second kappa shape index (κ2) is 8.13. The molecule has 0 saturated carbocycles. The van der Waals surface area contributed by atoms with Crippen LogP contribution in [0.15, 0.2) is 29.5 Å². The maximum Gasteiger partial charge on any atom is 0.312 e. The lowest BCUT2D eigenvalue weighted by atomic mass is 9.71. The molecule has 0 spiro atoms. The van der Waals surface area contributed by atoms with Crippen LogP contribution in [0, 0.1) is 29.4 Å². The molecule has 2 aliphatic rings. The number of aryl methyl sites for hydroxylation is 1. The maximum absolute atomic E-state index is 13.0. The zero-order valence-corrected chi connectivity index (χ0v) is 19.4. The number of benzene rings is 1. The second-order valence-electron chi connectivity index (χ2n) is 9.51. The minimum absolute atomic E-state index is 0.00490. The number of hydrogen-bond donors (Lipinski definition) is 0. The number of carbonyl (C=O) groups is 2. The van der Waals surface area contributed by atoms with E-state index in [1.54, 1.807) is 31.7 Å². The van der Waals surface area contributed by atoms with E-state index < -0.39 is 10.8 Å². The highest BCUT2D eigenvalue weighted by atomic mass is 16.6. The number of Topliss-reactive ketones (excluding diaryl/α,β-unsaturated/α-hetero) is 1. The molecular formula is C24H27N3O6. The molecule has 4 rings (SSSR count). The third-order valence-electron chi connectivity index (χ3n) is 6.39. The van der Waals surface area contributed by atoms with Crippen molar-refractivity contribution in [2.75, 3.05) is 7.11 Å². The van der Waals surface area contributed by atoms with Crippen LogP contribution in [-0.4, -0.2) is 33.6 Å². The van der Waals surface area contributed by atoms with Gasteiger partial charge in [-0.15, -0.1) is 0 Å². The fourth-order valence-electron chi connectivity index (χ4n) is 4.90. The van der Waals surface area contributed by atoms with Crippen LogP contribution in [0.2, 0.25) is 0 Å². The quantitative estimate of drug-likeness (QED) is 0.380. The van der Waals surface area contributed by atoms with Gasteiger partial charge in [-0.25, -0.2) is 0 Å². The molecular weight excluding hydrogens is 426 g/mol. The summed E-state index contributed by atoms with van der Waals surface area (Å²) in [7, 11) is 1.55. The van der Waals surface area contributed by atoms with Crippen LogP contribution >= 0.6 is 0 Å². The third-order valence-corrected chi connectivity index (χ3v) is 6.39. The Morgan fingerprint density at radius 3 is 2.64 bits per heavy atom. The molecule has 2 aromatic rings. The number of ketones is 1. The fourth-order valence-corrected chi connectivity index (χ4v) is 4.90. The van der Waals surface area contributed by atoms with Crippen molar-refractivity contribution in [1.29, 1.82) is 0 Å². The topological polar surface area (TPSA) is 114 Å². The molecule has 0 N–H and O–H groups in total. The molecule has 1 aliphatic carbocycles. The van der Waals surface area contributed by atoms with Crippen molar-refractivity contribution < 1.29 is 24.0 Å². The molecule has 0 bridgehead atoms. The molecule has 1 aromatic carbocycles. The Morgan fingerprint density at radius 1 is 1.27 bits per heavy atom. The van der Waals surface area contributed by atoms with Gasteiger partial charge in [0.25, 0.3) is 0 Å². The summed E-state index contributed by atoms with van der Waals surface area (Å²) in [6.07, 6.45) is 1.02. The number of nitro groups is 1. The molecule has 0 amide bonds. The molecule has 0 saturated heterocycles. The maximum atomic E-state index is 13.0. The van der Waals surface area contributed by atoms with Gasteiger partial charge in [-0.05, 0) is 37.0 Å². The number of esters is 1. The van der Waals surface area contributed by atoms with E-state index in [0.29, 0.717) is 41.3 Å². The van der Waals surface area contributed by atoms with Crippen LogP contribution < -0.4 is 4.74 Å². The molecule has 1 aromatic heterocycles. The van der Waals surface area contributed by atoms with Crippen molar-refractivity contribution in [1.82, 2.24) is 9.78 Å². The smallest absolute Gasteiger partial charge is 0.312 e. The van der Waals surface area contributed by atoms with E-state index in [2.05, 4.69) is 5.10 Å². The molecule has 33 heavy (non-hydrogen) atoms. The Labute approximate surface area is 191 Å². The van der Waals surface area contributed by atoms with Gasteiger partial charge in [0.1, 0.15) is 22.9 Å². The third kappa shape index (κ3) is 4.15. The molecule has 0 fully saturated rings. The predicted octanol–water partition coefficient (Wildman–Crippen LogP) is 4.14. The zero-order chi connectivity index (χ0) is 24.1. The summed E-state index contributed by atoms with van der Waals surface area (Å²) in [6.45, 7) is 7.50. The van der Waals surface area contributed by atoms with E-state index in [9.17, 15) is 19.7 Å². The first kappa shape index (κ1) is 22.7. The summed E-state index contributed by atoms with van der Waals surface area (Å²) in [6, 6.07) is 5.54. The number of allylic oxidation sites excluding steroid dienone is 2. The summed E-state index contributed by atoms with van der Waals surface area (Å²) in [5, 5.41) is 15.7. The van der Waals surface area contributed by atoms with Crippen molar-refractivity contribution in [2.45, 2.75) is 59.4 Å². The molecule has 1 aliphatic heterocycles. The Morgan fingerprint density at radius 2 is 2.00 bits per heavy atom. The van der Waals surface area contributed by atoms with E-state index >= 15 is 0 Å². The highest BCUT2D eigenvalue weighted by Crippen LogP contribution is 2.46. The number of rotatable bonds is 5. The molecule has 2 heterocycles. The largest absolute Gasteiger partial charge is 0.496 e. The van der Waals surface area contributed by atoms with Crippen molar-refractivity contribution in [2.24, 2.45) is 5.41 Å². The van der Waals surface area contributed by atoms with Gasteiger partial charge in [-0.2, -0.15) is 5.10 Å². The fraction of sp³-hybridized carbons (Fsp3) is 0.458. The van der Waals surface area contributed by atoms with Gasteiger partial charge in [0.05, 0.1) is 25.0 Å². The van der Waals surface area contributed by atoms with Crippen molar-refractivity contribution in [3.8, 4) is 5.75 Å². The normalized spacial score (nSPS) is 19.8. The zero-order valence-electron chi connectivity index (χ0n) is 19.4. The minimum Gasteiger partial charge on any atom is -0.496 e. The Balaban J connectivity index is 1.76. The first-order valence-electron chi connectivity index (χ1n) is 10.8. The van der Waals surface area contributed by atoms with Gasteiger partial charge in [-0.3, -0.25) is 24.4 Å². The minimum atomic E-state index is -0.431. The highest BCUT2D eigenvalue weighted by molar-refractivity contribution is 6.00. The van der Waals surface area contributed by atoms with Gasteiger partial charge in [0, 0.05) is 29.9 Å². The van der Waals surface area contributed by atoms with Crippen molar-refractivity contribution in [3.05, 3.63) is 62.2 Å². The number of aromatic nitrogens is 2. The lowest BCUT2D eigenvalue weighted by molar-refractivity contribution is -0.386. The summed E-state index contributed by atoms with van der Waals surface area (Å²) in [4.78, 5) is 36.4. The van der Waals surface area contributed by atoms with Crippen LogP contribution in [0.4, 0.5) is 5.69 Å². The lowest BCUT2D eigenvalue weighted by Crippen LogP contribution is -2.33. The number of nitrogens with zero attached hydrogens (tertiary/aromatic N) is 3. The monoisotopic (exact) mass is 453 g/mol. The summed E-state index contributed by atoms with van der Waals surface area (Å²) in [5.41, 5.74) is 2.65. The summed E-state index contributed by atoms with van der Waals surface area (Å²) in [5.74, 6) is 0.326. The van der Waals surface area contributed by atoms with Crippen molar-refractivity contribution >= 4 is 17.4 Å². The molecule has 1 unspecified atom stereocenters.